The molecule has 2 fully saturated rings. The lowest BCUT2D eigenvalue weighted by Crippen LogP contribution is -2.65. The lowest BCUT2D eigenvalue weighted by molar-refractivity contribution is -0.362. The molecule has 0 saturated heterocycles. The Morgan fingerprint density at radius 3 is 2.34 bits per heavy atom. The van der Waals surface area contributed by atoms with Crippen LogP contribution in [0.3, 0.4) is 0 Å². The highest BCUT2D eigenvalue weighted by Crippen LogP contribution is 2.70. The van der Waals surface area contributed by atoms with Crippen molar-refractivity contribution in [2.24, 2.45) is 23.0 Å². The fraction of sp³-hybridized carbons (Fsp3) is 0.613. The van der Waals surface area contributed by atoms with Gasteiger partial charge >= 0.3 is 18.1 Å². The molecule has 4 aliphatic carbocycles. The summed E-state index contributed by atoms with van der Waals surface area (Å²) in [5, 5.41) is 11.4. The molecule has 5 rings (SSSR count). The fourth-order valence-electron chi connectivity index (χ4n) is 8.06. The van der Waals surface area contributed by atoms with E-state index in [2.05, 4.69) is 0 Å². The molecule has 1 aromatic carbocycles. The van der Waals surface area contributed by atoms with Gasteiger partial charge in [-0.3, -0.25) is 9.59 Å². The highest BCUT2D eigenvalue weighted by molar-refractivity contribution is 5.93. The van der Waals surface area contributed by atoms with E-state index in [0.29, 0.717) is 31.2 Å². The van der Waals surface area contributed by atoms with Crippen molar-refractivity contribution in [2.45, 2.75) is 101 Å². The summed E-state index contributed by atoms with van der Waals surface area (Å²) in [6.45, 7) is 4.61. The number of aliphatic hydroxyl groups is 1. The molecular weight excluding hydrogens is 545 g/mol. The smallest absolute Gasteiger partial charge is 0.456 e. The van der Waals surface area contributed by atoms with Crippen LogP contribution in [0.15, 0.2) is 47.1 Å². The Kier molecular flexibility index (Phi) is 7.29. The molecule has 0 radical (unpaired) electrons. The van der Waals surface area contributed by atoms with Crippen LogP contribution < -0.4 is 5.73 Å². The Morgan fingerprint density at radius 1 is 1.07 bits per heavy atom. The number of hydrogen-bond acceptors (Lipinski definition) is 5. The second kappa shape index (κ2) is 10.0. The highest BCUT2D eigenvalue weighted by atomic mass is 19.4. The van der Waals surface area contributed by atoms with Crippen LogP contribution in [-0.2, 0) is 14.3 Å². The number of fused-ring (bicyclic) bond motifs is 4. The molecule has 0 bridgehead atoms. The van der Waals surface area contributed by atoms with Crippen LogP contribution in [0.1, 0.15) is 88.9 Å². The second-order valence-corrected chi connectivity index (χ2v) is 12.5. The number of ether oxygens (including phenoxy) is 1. The average Bonchev–Trinajstić information content (AvgIpc) is 3.18. The van der Waals surface area contributed by atoms with Crippen molar-refractivity contribution in [3.63, 3.8) is 0 Å². The number of esters is 1. The van der Waals surface area contributed by atoms with Gasteiger partial charge in [-0.25, -0.2) is 0 Å². The molecule has 0 aromatic heterocycles. The van der Waals surface area contributed by atoms with E-state index in [1.165, 1.54) is 13.8 Å². The van der Waals surface area contributed by atoms with Gasteiger partial charge in [0.05, 0.1) is 0 Å². The van der Waals surface area contributed by atoms with Gasteiger partial charge in [-0.15, -0.1) is 0 Å². The van der Waals surface area contributed by atoms with Crippen molar-refractivity contribution < 1.29 is 41.4 Å². The third kappa shape index (κ3) is 4.56. The maximum Gasteiger partial charge on any atom is 0.456 e. The zero-order chi connectivity index (χ0) is 30.1. The van der Waals surface area contributed by atoms with Crippen LogP contribution in [0, 0.1) is 17.3 Å². The number of allylic oxidation sites excluding steroid dienone is 4. The molecule has 0 aliphatic heterocycles. The lowest BCUT2D eigenvalue weighted by Gasteiger charge is -2.56. The monoisotopic (exact) mass is 581 g/mol. The lowest BCUT2D eigenvalue weighted by atomic mass is 9.50. The zero-order valence-corrected chi connectivity index (χ0v) is 23.4. The van der Waals surface area contributed by atoms with Crippen molar-refractivity contribution in [1.82, 2.24) is 0 Å². The SMILES string of the molecule is C[C@H](N)C(=O)O[C@H](C)c1ccc([C@H]2C[C@@]3(C)C(CC[C@@]3(O)C(F)(F)C(F)(F)F)C3CCC4=CC(=O)CCC4=C32)cc1. The van der Waals surface area contributed by atoms with Crippen molar-refractivity contribution in [2.75, 3.05) is 0 Å². The molecule has 3 N–H and O–H groups in total. The minimum Gasteiger partial charge on any atom is -0.457 e. The number of halogens is 5. The maximum absolute atomic E-state index is 15.1. The molecule has 4 aliphatic rings. The topological polar surface area (TPSA) is 89.6 Å². The van der Waals surface area contributed by atoms with E-state index in [0.717, 1.165) is 22.3 Å². The predicted octanol–water partition coefficient (Wildman–Crippen LogP) is 6.47. The number of hydrogen-bond donors (Lipinski definition) is 2. The molecule has 5 nitrogen and oxygen atoms in total. The first-order chi connectivity index (χ1) is 19.0. The summed E-state index contributed by atoms with van der Waals surface area (Å²) in [7, 11) is 0. The van der Waals surface area contributed by atoms with E-state index in [4.69, 9.17) is 10.5 Å². The third-order valence-corrected chi connectivity index (χ3v) is 10.2. The van der Waals surface area contributed by atoms with Crippen molar-refractivity contribution in [3.8, 4) is 0 Å². The van der Waals surface area contributed by atoms with Crippen molar-refractivity contribution in [3.05, 3.63) is 58.2 Å². The van der Waals surface area contributed by atoms with Crippen LogP contribution in [0.4, 0.5) is 22.0 Å². The largest absolute Gasteiger partial charge is 0.457 e. The fourth-order valence-corrected chi connectivity index (χ4v) is 8.06. The molecule has 224 valence electrons. The van der Waals surface area contributed by atoms with E-state index in [1.54, 1.807) is 37.3 Å². The number of alkyl halides is 5. The van der Waals surface area contributed by atoms with Crippen molar-refractivity contribution >= 4 is 11.8 Å². The molecule has 0 amide bonds. The van der Waals surface area contributed by atoms with E-state index < -0.39 is 59.5 Å². The first-order valence-electron chi connectivity index (χ1n) is 14.2. The predicted molar refractivity (Wildman–Crippen MR) is 141 cm³/mol. The van der Waals surface area contributed by atoms with Gasteiger partial charge in [0.2, 0.25) is 0 Å². The minimum atomic E-state index is -5.89. The van der Waals surface area contributed by atoms with Gasteiger partial charge in [-0.05, 0) is 92.6 Å². The Labute approximate surface area is 236 Å². The average molecular weight is 582 g/mol. The van der Waals surface area contributed by atoms with E-state index >= 15 is 8.78 Å². The zero-order valence-electron chi connectivity index (χ0n) is 23.4. The number of carbonyl (C=O) groups is 2. The summed E-state index contributed by atoms with van der Waals surface area (Å²) in [6, 6.07) is 6.27. The summed E-state index contributed by atoms with van der Waals surface area (Å²) in [4.78, 5) is 24.2. The van der Waals surface area contributed by atoms with Gasteiger partial charge in [-0.2, -0.15) is 22.0 Å². The van der Waals surface area contributed by atoms with Gasteiger partial charge in [0.25, 0.3) is 0 Å². The first kappa shape index (κ1) is 29.9. The molecule has 10 heteroatoms. The summed E-state index contributed by atoms with van der Waals surface area (Å²) >= 11 is 0. The quantitative estimate of drug-likeness (QED) is 0.308. The maximum atomic E-state index is 15.1. The van der Waals surface area contributed by atoms with Crippen LogP contribution in [0.2, 0.25) is 0 Å². The molecule has 0 spiro atoms. The number of ketones is 1. The standard InChI is InChI=1S/C31H36F5NO4/c1-16(37)27(39)41-17(2)18-4-6-19(7-5-18)24-15-28(3)25(12-13-29(28,40)30(32,33)31(34,35)36)23-10-8-20-14-21(38)9-11-22(20)26(23)24/h4-7,14,16-17,23-25,40H,8-13,15,37H2,1-3H3/t16-,17+,23?,24+,25?,28-,29-/m0/s1. The molecule has 1 aromatic rings. The van der Waals surface area contributed by atoms with E-state index in [-0.39, 0.29) is 24.5 Å². The van der Waals surface area contributed by atoms with E-state index in [1.807, 2.05) is 0 Å². The number of benzene rings is 1. The second-order valence-electron chi connectivity index (χ2n) is 12.5. The summed E-state index contributed by atoms with van der Waals surface area (Å²) in [6.07, 6.45) is -3.64. The van der Waals surface area contributed by atoms with Crippen LogP contribution in [0.5, 0.6) is 0 Å². The molecule has 2 saturated carbocycles. The van der Waals surface area contributed by atoms with Gasteiger partial charge in [0, 0.05) is 17.8 Å². The van der Waals surface area contributed by atoms with Gasteiger partial charge < -0.3 is 15.6 Å². The number of carbonyl (C=O) groups excluding carboxylic acids is 2. The Morgan fingerprint density at radius 2 is 1.73 bits per heavy atom. The van der Waals surface area contributed by atoms with E-state index in [9.17, 15) is 27.9 Å². The highest BCUT2D eigenvalue weighted by Gasteiger charge is 2.79. The summed E-state index contributed by atoms with van der Waals surface area (Å²) in [5.41, 5.74) is 4.95. The van der Waals surface area contributed by atoms with Crippen LogP contribution >= 0.6 is 0 Å². The molecule has 7 atom stereocenters. The first-order valence-corrected chi connectivity index (χ1v) is 14.2. The minimum absolute atomic E-state index is 0.0275. The molecule has 2 unspecified atom stereocenters. The Balaban J connectivity index is 1.60. The van der Waals surface area contributed by atoms with Crippen LogP contribution in [-0.4, -0.2) is 40.6 Å². The number of nitrogens with two attached hydrogens (primary N) is 1. The normalized spacial score (nSPS) is 33.4. The van der Waals surface area contributed by atoms with Crippen molar-refractivity contribution in [1.29, 1.82) is 0 Å². The summed E-state index contributed by atoms with van der Waals surface area (Å²) < 4.78 is 76.8. The molecule has 41 heavy (non-hydrogen) atoms. The van der Waals surface area contributed by atoms with Gasteiger partial charge in [0.15, 0.2) is 5.78 Å². The number of rotatable bonds is 5. The molecule has 0 heterocycles. The third-order valence-electron chi connectivity index (χ3n) is 10.2. The van der Waals surface area contributed by atoms with Crippen LogP contribution in [0.25, 0.3) is 0 Å². The Bertz CT molecular complexity index is 1300. The summed E-state index contributed by atoms with van der Waals surface area (Å²) in [5.74, 6) is -7.20. The molecular formula is C31H36F5NO4. The Hall–Kier alpha value is -2.59. The van der Waals surface area contributed by atoms with Gasteiger partial charge in [-0.1, -0.05) is 36.8 Å². The van der Waals surface area contributed by atoms with Gasteiger partial charge in [0.1, 0.15) is 17.7 Å².